The molecule has 0 fully saturated rings. The molecule has 1 heterocycles. The second-order valence-electron chi connectivity index (χ2n) is 4.74. The van der Waals surface area contributed by atoms with Gasteiger partial charge in [0, 0.05) is 12.6 Å². The maximum absolute atomic E-state index is 12.4. The first-order valence-electron chi connectivity index (χ1n) is 6.52. The maximum atomic E-state index is 12.4. The number of halogens is 3. The normalized spacial score (nSPS) is 11.8. The molecule has 0 aliphatic carbocycles. The van der Waals surface area contributed by atoms with Crippen molar-refractivity contribution >= 4 is 27.3 Å². The lowest BCUT2D eigenvalue weighted by Crippen LogP contribution is -2.14. The third kappa shape index (κ3) is 4.44. The molecule has 0 saturated heterocycles. The number of nitrogens with zero attached hydrogens (tertiary/aromatic N) is 1. The number of carbonyl (C=O) groups is 1. The van der Waals surface area contributed by atoms with E-state index in [4.69, 9.17) is 0 Å². The van der Waals surface area contributed by atoms with Crippen LogP contribution in [0.2, 0.25) is 0 Å². The molecule has 0 bridgehead atoms. The second kappa shape index (κ2) is 6.48. The second-order valence-corrected chi connectivity index (χ2v) is 6.42. The van der Waals surface area contributed by atoms with Crippen LogP contribution < -0.4 is 10.0 Å². The van der Waals surface area contributed by atoms with Crippen LogP contribution in [0.15, 0.2) is 47.5 Å². The number of alkyl halides is 3. The Kier molecular flexibility index (Phi) is 4.78. The molecule has 2 N–H and O–H groups in total. The van der Waals surface area contributed by atoms with Crippen molar-refractivity contribution in [3.8, 4) is 0 Å². The first-order valence-corrected chi connectivity index (χ1v) is 8.00. The van der Waals surface area contributed by atoms with Gasteiger partial charge in [-0.1, -0.05) is 0 Å². The van der Waals surface area contributed by atoms with Crippen LogP contribution in [-0.4, -0.2) is 19.3 Å². The number of amides is 1. The molecule has 2 rings (SSSR count). The monoisotopic (exact) mass is 359 g/mol. The predicted octanol–water partition coefficient (Wildman–Crippen LogP) is 2.86. The molecule has 6 nitrogen and oxygen atoms in total. The molecule has 1 aromatic heterocycles. The highest BCUT2D eigenvalue weighted by Crippen LogP contribution is 2.28. The standard InChI is InChI=1S/C14H12F3N3O3S/c1-9(21)19-10-2-5-12(6-3-10)24(22,23)20-11-4-7-13(18-8-11)14(15,16)17/h2-8,20H,1H3,(H,19,21). The SMILES string of the molecule is CC(=O)Nc1ccc(S(=O)(=O)Nc2ccc(C(F)(F)F)nc2)cc1. The molecular formula is C14H12F3N3O3S. The molecular weight excluding hydrogens is 347 g/mol. The Morgan fingerprint density at radius 3 is 2.08 bits per heavy atom. The number of benzene rings is 1. The molecule has 24 heavy (non-hydrogen) atoms. The fourth-order valence-corrected chi connectivity index (χ4v) is 2.80. The number of aromatic nitrogens is 1. The molecule has 0 radical (unpaired) electrons. The topological polar surface area (TPSA) is 88.2 Å². The minimum atomic E-state index is -4.60. The van der Waals surface area contributed by atoms with E-state index in [2.05, 4.69) is 15.0 Å². The van der Waals surface area contributed by atoms with Crippen molar-refractivity contribution in [2.75, 3.05) is 10.0 Å². The van der Waals surface area contributed by atoms with Gasteiger partial charge in [-0.05, 0) is 36.4 Å². The molecule has 1 amide bonds. The van der Waals surface area contributed by atoms with Gasteiger partial charge in [0.25, 0.3) is 10.0 Å². The molecule has 0 atom stereocenters. The molecule has 0 saturated carbocycles. The lowest BCUT2D eigenvalue weighted by atomic mass is 10.3. The van der Waals surface area contributed by atoms with Gasteiger partial charge in [0.05, 0.1) is 16.8 Å². The Bertz CT molecular complexity index is 832. The third-order valence-electron chi connectivity index (χ3n) is 2.79. The average molecular weight is 359 g/mol. The van der Waals surface area contributed by atoms with Crippen LogP contribution in [0, 0.1) is 0 Å². The van der Waals surface area contributed by atoms with Gasteiger partial charge in [0.1, 0.15) is 5.69 Å². The number of carbonyl (C=O) groups excluding carboxylic acids is 1. The fraction of sp³-hybridized carbons (Fsp3) is 0.143. The molecule has 1 aromatic carbocycles. The molecule has 128 valence electrons. The number of anilines is 2. The number of pyridine rings is 1. The number of hydrogen-bond donors (Lipinski definition) is 2. The first kappa shape index (κ1) is 17.7. The van der Waals surface area contributed by atoms with E-state index in [0.717, 1.165) is 12.3 Å². The number of rotatable bonds is 4. The maximum Gasteiger partial charge on any atom is 0.433 e. The highest BCUT2D eigenvalue weighted by molar-refractivity contribution is 7.92. The van der Waals surface area contributed by atoms with Gasteiger partial charge < -0.3 is 5.32 Å². The van der Waals surface area contributed by atoms with Crippen LogP contribution in [0.5, 0.6) is 0 Å². The molecule has 2 aromatic rings. The van der Waals surface area contributed by atoms with Crippen LogP contribution in [0.3, 0.4) is 0 Å². The van der Waals surface area contributed by atoms with Crippen molar-refractivity contribution in [2.24, 2.45) is 0 Å². The summed E-state index contributed by atoms with van der Waals surface area (Å²) in [5, 5.41) is 2.48. The Hall–Kier alpha value is -2.62. The highest BCUT2D eigenvalue weighted by atomic mass is 32.2. The van der Waals surface area contributed by atoms with E-state index in [1.54, 1.807) is 0 Å². The number of sulfonamides is 1. The van der Waals surface area contributed by atoms with E-state index in [1.165, 1.54) is 31.2 Å². The summed E-state index contributed by atoms with van der Waals surface area (Å²) in [5.74, 6) is -0.306. The summed E-state index contributed by atoms with van der Waals surface area (Å²) < 4.78 is 63.7. The zero-order chi connectivity index (χ0) is 18.0. The third-order valence-corrected chi connectivity index (χ3v) is 4.19. The van der Waals surface area contributed by atoms with Crippen molar-refractivity contribution in [1.29, 1.82) is 0 Å². The number of nitrogens with one attached hydrogen (secondary N) is 2. The summed E-state index contributed by atoms with van der Waals surface area (Å²) >= 11 is 0. The van der Waals surface area contributed by atoms with E-state index in [1.807, 2.05) is 0 Å². The molecule has 0 aliphatic rings. The minimum absolute atomic E-state index is 0.103. The predicted molar refractivity (Wildman–Crippen MR) is 80.8 cm³/mol. The van der Waals surface area contributed by atoms with Gasteiger partial charge in [-0.2, -0.15) is 13.2 Å². The lowest BCUT2D eigenvalue weighted by molar-refractivity contribution is -0.141. The zero-order valence-corrected chi connectivity index (χ0v) is 13.1. The van der Waals surface area contributed by atoms with Crippen LogP contribution in [0.1, 0.15) is 12.6 Å². The van der Waals surface area contributed by atoms with Gasteiger partial charge in [0.15, 0.2) is 0 Å². The van der Waals surface area contributed by atoms with Crippen molar-refractivity contribution in [1.82, 2.24) is 4.98 Å². The Balaban J connectivity index is 2.17. The van der Waals surface area contributed by atoms with Crippen molar-refractivity contribution in [3.05, 3.63) is 48.3 Å². The number of hydrogen-bond acceptors (Lipinski definition) is 4. The summed E-state index contributed by atoms with van der Waals surface area (Å²) in [6, 6.07) is 6.94. The molecule has 10 heteroatoms. The van der Waals surface area contributed by atoms with Gasteiger partial charge in [-0.3, -0.25) is 9.52 Å². The molecule has 0 spiro atoms. The summed E-state index contributed by atoms with van der Waals surface area (Å²) in [6.45, 7) is 1.31. The van der Waals surface area contributed by atoms with E-state index >= 15 is 0 Å². The largest absolute Gasteiger partial charge is 0.433 e. The summed E-state index contributed by atoms with van der Waals surface area (Å²) in [6.07, 6.45) is -3.82. The van der Waals surface area contributed by atoms with E-state index in [0.29, 0.717) is 11.8 Å². The van der Waals surface area contributed by atoms with Gasteiger partial charge in [-0.25, -0.2) is 13.4 Å². The summed E-state index contributed by atoms with van der Waals surface area (Å²) in [7, 11) is -3.99. The van der Waals surface area contributed by atoms with Crippen LogP contribution >= 0.6 is 0 Å². The first-order chi connectivity index (χ1) is 11.1. The van der Waals surface area contributed by atoms with E-state index < -0.39 is 21.9 Å². The van der Waals surface area contributed by atoms with Crippen molar-refractivity contribution in [2.45, 2.75) is 18.0 Å². The zero-order valence-electron chi connectivity index (χ0n) is 12.3. The van der Waals surface area contributed by atoms with Crippen molar-refractivity contribution < 1.29 is 26.4 Å². The Morgan fingerprint density at radius 2 is 1.62 bits per heavy atom. The van der Waals surface area contributed by atoms with Gasteiger partial charge in [-0.15, -0.1) is 0 Å². The summed E-state index contributed by atoms with van der Waals surface area (Å²) in [5.41, 5.74) is -0.809. The van der Waals surface area contributed by atoms with Crippen LogP contribution in [0.4, 0.5) is 24.5 Å². The lowest BCUT2D eigenvalue weighted by Gasteiger charge is -2.10. The fourth-order valence-electron chi connectivity index (χ4n) is 1.76. The quantitative estimate of drug-likeness (QED) is 0.879. The average Bonchev–Trinajstić information content (AvgIpc) is 2.46. The molecule has 0 aliphatic heterocycles. The molecule has 0 unspecified atom stereocenters. The summed E-state index contributed by atoms with van der Waals surface area (Å²) in [4.78, 5) is 14.0. The van der Waals surface area contributed by atoms with Gasteiger partial charge in [0.2, 0.25) is 5.91 Å². The van der Waals surface area contributed by atoms with E-state index in [-0.39, 0.29) is 16.5 Å². The minimum Gasteiger partial charge on any atom is -0.326 e. The van der Waals surface area contributed by atoms with Crippen LogP contribution in [0.25, 0.3) is 0 Å². The Morgan fingerprint density at radius 1 is 1.04 bits per heavy atom. The smallest absolute Gasteiger partial charge is 0.326 e. The highest BCUT2D eigenvalue weighted by Gasteiger charge is 2.32. The van der Waals surface area contributed by atoms with Crippen molar-refractivity contribution in [3.63, 3.8) is 0 Å². The Labute approximate surface area is 135 Å². The van der Waals surface area contributed by atoms with Gasteiger partial charge >= 0.3 is 6.18 Å². The van der Waals surface area contributed by atoms with E-state index in [9.17, 15) is 26.4 Å². The van der Waals surface area contributed by atoms with Crippen LogP contribution in [-0.2, 0) is 21.0 Å².